The second kappa shape index (κ2) is 6.79. The maximum absolute atomic E-state index is 12.3. The molecule has 130 valence electrons. The molecule has 1 aliphatic heterocycles. The lowest BCUT2D eigenvalue weighted by atomic mass is 9.96. The third kappa shape index (κ3) is 2.87. The topological polar surface area (TPSA) is 125 Å². The van der Waals surface area contributed by atoms with Crippen LogP contribution in [0.25, 0.3) is 0 Å². The highest BCUT2D eigenvalue weighted by Gasteiger charge is 2.50. The molecule has 0 aliphatic carbocycles. The number of nitro groups is 2. The minimum absolute atomic E-state index is 0.00614. The standard InChI is InChI=1S/C14H17N3O7/c1-23-9-14(13(18)24-2)6-3-7-15(14)11-5-4-10(16(19)20)8-12(11)17(21)22/h4-5,8H,3,6-7,9H2,1-2H3. The van der Waals surface area contributed by atoms with Crippen molar-refractivity contribution >= 4 is 23.0 Å². The summed E-state index contributed by atoms with van der Waals surface area (Å²) in [5, 5.41) is 22.2. The number of esters is 1. The molecule has 0 aromatic heterocycles. The number of carbonyl (C=O) groups is 1. The van der Waals surface area contributed by atoms with Crippen molar-refractivity contribution in [1.82, 2.24) is 0 Å². The molecule has 10 nitrogen and oxygen atoms in total. The average molecular weight is 339 g/mol. The molecule has 1 aliphatic rings. The molecular weight excluding hydrogens is 322 g/mol. The van der Waals surface area contributed by atoms with Gasteiger partial charge in [0.15, 0.2) is 5.54 Å². The van der Waals surface area contributed by atoms with Crippen LogP contribution in [-0.4, -0.2) is 48.7 Å². The van der Waals surface area contributed by atoms with Gasteiger partial charge in [0, 0.05) is 19.7 Å². The second-order valence-electron chi connectivity index (χ2n) is 5.40. The number of rotatable bonds is 6. The van der Waals surface area contributed by atoms with Crippen LogP contribution in [0.2, 0.25) is 0 Å². The number of benzene rings is 1. The number of nitrogens with zero attached hydrogens (tertiary/aromatic N) is 3. The summed E-state index contributed by atoms with van der Waals surface area (Å²) in [6.45, 7) is 0.366. The SMILES string of the molecule is COCC1(C(=O)OC)CCCN1c1ccc([N+](=O)[O-])cc1[N+](=O)[O-]. The predicted molar refractivity (Wildman–Crippen MR) is 83.0 cm³/mol. The quantitative estimate of drug-likeness (QED) is 0.435. The molecule has 0 bridgehead atoms. The summed E-state index contributed by atoms with van der Waals surface area (Å²) in [4.78, 5) is 34.7. The zero-order valence-corrected chi connectivity index (χ0v) is 13.3. The molecule has 1 unspecified atom stereocenters. The Labute approximate surface area is 137 Å². The van der Waals surface area contributed by atoms with Gasteiger partial charge in [-0.15, -0.1) is 0 Å². The molecule has 2 rings (SSSR count). The van der Waals surface area contributed by atoms with Crippen LogP contribution in [0.4, 0.5) is 17.1 Å². The van der Waals surface area contributed by atoms with Gasteiger partial charge in [0.25, 0.3) is 11.4 Å². The molecule has 1 heterocycles. The van der Waals surface area contributed by atoms with Gasteiger partial charge in [-0.2, -0.15) is 0 Å². The maximum atomic E-state index is 12.3. The number of anilines is 1. The zero-order valence-electron chi connectivity index (χ0n) is 13.3. The summed E-state index contributed by atoms with van der Waals surface area (Å²) in [7, 11) is 2.66. The minimum Gasteiger partial charge on any atom is -0.467 e. The molecule has 1 saturated heterocycles. The Morgan fingerprint density at radius 3 is 2.54 bits per heavy atom. The number of methoxy groups -OCH3 is 2. The summed E-state index contributed by atoms with van der Waals surface area (Å²) in [6.07, 6.45) is 1.01. The molecule has 10 heteroatoms. The Kier molecular flexibility index (Phi) is 4.98. The highest BCUT2D eigenvalue weighted by Crippen LogP contribution is 2.41. The van der Waals surface area contributed by atoms with Gasteiger partial charge in [0.2, 0.25) is 0 Å². The van der Waals surface area contributed by atoms with E-state index in [0.29, 0.717) is 19.4 Å². The van der Waals surface area contributed by atoms with Crippen molar-refractivity contribution in [2.75, 3.05) is 32.3 Å². The lowest BCUT2D eigenvalue weighted by Crippen LogP contribution is -2.55. The van der Waals surface area contributed by atoms with Gasteiger partial charge in [-0.25, -0.2) is 4.79 Å². The van der Waals surface area contributed by atoms with Crippen molar-refractivity contribution in [2.24, 2.45) is 0 Å². The Hall–Kier alpha value is -2.75. The number of ether oxygens (including phenoxy) is 2. The first-order valence-electron chi connectivity index (χ1n) is 7.15. The minimum atomic E-state index is -1.19. The molecular formula is C14H17N3O7. The first-order valence-corrected chi connectivity index (χ1v) is 7.15. The number of nitro benzene ring substituents is 2. The number of carbonyl (C=O) groups excluding carboxylic acids is 1. The van der Waals surface area contributed by atoms with Crippen LogP contribution in [0.3, 0.4) is 0 Å². The van der Waals surface area contributed by atoms with E-state index in [-0.39, 0.29) is 18.0 Å². The third-order valence-electron chi connectivity index (χ3n) is 4.09. The van der Waals surface area contributed by atoms with E-state index in [4.69, 9.17) is 9.47 Å². The summed E-state index contributed by atoms with van der Waals surface area (Å²) >= 11 is 0. The molecule has 0 amide bonds. The third-order valence-corrected chi connectivity index (χ3v) is 4.09. The smallest absolute Gasteiger partial charge is 0.334 e. The average Bonchev–Trinajstić information content (AvgIpc) is 2.98. The normalized spacial score (nSPS) is 20.0. The van der Waals surface area contributed by atoms with Crippen molar-refractivity contribution in [2.45, 2.75) is 18.4 Å². The van der Waals surface area contributed by atoms with Crippen molar-refractivity contribution in [3.8, 4) is 0 Å². The summed E-state index contributed by atoms with van der Waals surface area (Å²) < 4.78 is 10.0. The molecule has 1 aromatic carbocycles. The van der Waals surface area contributed by atoms with Gasteiger partial charge in [-0.3, -0.25) is 20.2 Å². The van der Waals surface area contributed by atoms with Crippen molar-refractivity contribution in [3.63, 3.8) is 0 Å². The Bertz CT molecular complexity index is 678. The Balaban J connectivity index is 2.58. The van der Waals surface area contributed by atoms with E-state index in [2.05, 4.69) is 0 Å². The summed E-state index contributed by atoms with van der Waals surface area (Å²) in [5.41, 5.74) is -1.88. The van der Waals surface area contributed by atoms with E-state index in [1.807, 2.05) is 0 Å². The monoisotopic (exact) mass is 339 g/mol. The largest absolute Gasteiger partial charge is 0.467 e. The van der Waals surface area contributed by atoms with Crippen molar-refractivity contribution in [1.29, 1.82) is 0 Å². The van der Waals surface area contributed by atoms with Gasteiger partial charge in [0.05, 0.1) is 29.6 Å². The van der Waals surface area contributed by atoms with Gasteiger partial charge >= 0.3 is 5.97 Å². The van der Waals surface area contributed by atoms with Gasteiger partial charge in [-0.05, 0) is 18.9 Å². The summed E-state index contributed by atoms with van der Waals surface area (Å²) in [6, 6.07) is 3.35. The highest BCUT2D eigenvalue weighted by molar-refractivity contribution is 5.88. The van der Waals surface area contributed by atoms with Crippen molar-refractivity contribution in [3.05, 3.63) is 38.4 Å². The van der Waals surface area contributed by atoms with E-state index in [9.17, 15) is 25.0 Å². The second-order valence-corrected chi connectivity index (χ2v) is 5.40. The van der Waals surface area contributed by atoms with Crippen LogP contribution in [-0.2, 0) is 14.3 Å². The fraction of sp³-hybridized carbons (Fsp3) is 0.500. The van der Waals surface area contributed by atoms with Crippen LogP contribution in [0, 0.1) is 20.2 Å². The molecule has 0 radical (unpaired) electrons. The molecule has 24 heavy (non-hydrogen) atoms. The van der Waals surface area contributed by atoms with E-state index in [0.717, 1.165) is 6.07 Å². The lowest BCUT2D eigenvalue weighted by Gasteiger charge is -2.36. The molecule has 0 spiro atoms. The van der Waals surface area contributed by atoms with E-state index in [1.165, 1.54) is 26.4 Å². The number of hydrogen-bond acceptors (Lipinski definition) is 8. The number of non-ortho nitro benzene ring substituents is 1. The molecule has 0 N–H and O–H groups in total. The van der Waals surface area contributed by atoms with Crippen LogP contribution in [0.1, 0.15) is 12.8 Å². The van der Waals surface area contributed by atoms with Gasteiger partial charge < -0.3 is 14.4 Å². The number of hydrogen-bond donors (Lipinski definition) is 0. The first-order chi connectivity index (χ1) is 11.4. The Morgan fingerprint density at radius 2 is 2.00 bits per heavy atom. The molecule has 1 atom stereocenters. The first kappa shape index (κ1) is 17.6. The maximum Gasteiger partial charge on any atom is 0.334 e. The fourth-order valence-corrected chi connectivity index (χ4v) is 3.08. The van der Waals surface area contributed by atoms with E-state index < -0.39 is 27.0 Å². The van der Waals surface area contributed by atoms with Crippen LogP contribution < -0.4 is 4.90 Å². The molecule has 1 fully saturated rings. The van der Waals surface area contributed by atoms with Gasteiger partial charge in [0.1, 0.15) is 5.69 Å². The summed E-state index contributed by atoms with van der Waals surface area (Å²) in [5.74, 6) is -0.561. The Morgan fingerprint density at radius 1 is 1.29 bits per heavy atom. The van der Waals surface area contributed by atoms with Crippen molar-refractivity contribution < 1.29 is 24.1 Å². The van der Waals surface area contributed by atoms with Crippen LogP contribution in [0.5, 0.6) is 0 Å². The van der Waals surface area contributed by atoms with E-state index >= 15 is 0 Å². The lowest BCUT2D eigenvalue weighted by molar-refractivity contribution is -0.393. The van der Waals surface area contributed by atoms with Crippen LogP contribution >= 0.6 is 0 Å². The van der Waals surface area contributed by atoms with Crippen LogP contribution in [0.15, 0.2) is 18.2 Å². The fourth-order valence-electron chi connectivity index (χ4n) is 3.08. The van der Waals surface area contributed by atoms with Gasteiger partial charge in [-0.1, -0.05) is 0 Å². The molecule has 1 aromatic rings. The molecule has 0 saturated carbocycles. The van der Waals surface area contributed by atoms with E-state index in [1.54, 1.807) is 4.90 Å². The zero-order chi connectivity index (χ0) is 17.9. The predicted octanol–water partition coefficient (Wildman–Crippen LogP) is 1.66. The highest BCUT2D eigenvalue weighted by atomic mass is 16.6.